The van der Waals surface area contributed by atoms with Crippen LogP contribution in [0.2, 0.25) is 0 Å². The Labute approximate surface area is 101 Å². The second-order valence-corrected chi connectivity index (χ2v) is 4.14. The maximum atomic E-state index is 11.0. The molecule has 2 aromatic carbocycles. The van der Waals surface area contributed by atoms with Gasteiger partial charge < -0.3 is 9.84 Å². The summed E-state index contributed by atoms with van der Waals surface area (Å²) in [5.41, 5.74) is 0.168. The Morgan fingerprint density at radius 2 is 2.06 bits per heavy atom. The van der Waals surface area contributed by atoms with Gasteiger partial charge in [-0.1, -0.05) is 34.1 Å². The average molecular weight is 281 g/mol. The standard InChI is InChI=1S/C12H9BrO3/c1-16-11-8(12(14)15)6-5-7-3-2-4-9(13)10(7)11/h2-6H,1H3,(H,14,15). The Morgan fingerprint density at radius 1 is 1.31 bits per heavy atom. The second-order valence-electron chi connectivity index (χ2n) is 3.29. The molecule has 0 aliphatic carbocycles. The van der Waals surface area contributed by atoms with Gasteiger partial charge in [0.15, 0.2) is 0 Å². The molecule has 0 bridgehead atoms. The molecule has 0 aromatic heterocycles. The highest BCUT2D eigenvalue weighted by atomic mass is 79.9. The summed E-state index contributed by atoms with van der Waals surface area (Å²) in [7, 11) is 1.47. The summed E-state index contributed by atoms with van der Waals surface area (Å²) in [6.45, 7) is 0. The second kappa shape index (κ2) is 4.14. The monoisotopic (exact) mass is 280 g/mol. The number of hydrogen-bond acceptors (Lipinski definition) is 2. The van der Waals surface area contributed by atoms with E-state index in [1.165, 1.54) is 7.11 Å². The number of carboxylic acids is 1. The maximum absolute atomic E-state index is 11.0. The van der Waals surface area contributed by atoms with Crippen molar-refractivity contribution in [3.05, 3.63) is 40.4 Å². The zero-order chi connectivity index (χ0) is 11.7. The van der Waals surface area contributed by atoms with E-state index >= 15 is 0 Å². The van der Waals surface area contributed by atoms with Crippen molar-refractivity contribution in [2.75, 3.05) is 7.11 Å². The minimum absolute atomic E-state index is 0.168. The molecule has 0 aliphatic heterocycles. The molecule has 0 atom stereocenters. The first kappa shape index (κ1) is 11.0. The molecule has 0 fully saturated rings. The minimum Gasteiger partial charge on any atom is -0.495 e. The largest absolute Gasteiger partial charge is 0.495 e. The minimum atomic E-state index is -0.991. The molecule has 0 heterocycles. The molecular formula is C12H9BrO3. The lowest BCUT2D eigenvalue weighted by Crippen LogP contribution is -2.01. The molecule has 4 heteroatoms. The number of benzene rings is 2. The molecule has 0 saturated carbocycles. The lowest BCUT2D eigenvalue weighted by Gasteiger charge is -2.10. The number of ether oxygens (including phenoxy) is 1. The summed E-state index contributed by atoms with van der Waals surface area (Å²) < 4.78 is 6.01. The third-order valence-corrected chi connectivity index (χ3v) is 3.04. The van der Waals surface area contributed by atoms with Crippen molar-refractivity contribution >= 4 is 32.7 Å². The lowest BCUT2D eigenvalue weighted by molar-refractivity contribution is 0.0693. The van der Waals surface area contributed by atoms with Crippen molar-refractivity contribution in [2.24, 2.45) is 0 Å². The Balaban J connectivity index is 2.89. The molecular weight excluding hydrogens is 272 g/mol. The van der Waals surface area contributed by atoms with Gasteiger partial charge in [-0.25, -0.2) is 4.79 Å². The van der Waals surface area contributed by atoms with Crippen LogP contribution < -0.4 is 4.74 Å². The van der Waals surface area contributed by atoms with Gasteiger partial charge >= 0.3 is 5.97 Å². The van der Waals surface area contributed by atoms with E-state index in [0.717, 1.165) is 15.2 Å². The fraction of sp³-hybridized carbons (Fsp3) is 0.0833. The van der Waals surface area contributed by atoms with Gasteiger partial charge in [0.05, 0.1) is 7.11 Å². The fourth-order valence-corrected chi connectivity index (χ4v) is 2.24. The molecule has 0 radical (unpaired) electrons. The molecule has 0 amide bonds. The molecule has 0 saturated heterocycles. The Bertz CT molecular complexity index is 563. The van der Waals surface area contributed by atoms with Gasteiger partial charge in [0.1, 0.15) is 11.3 Å². The van der Waals surface area contributed by atoms with Crippen LogP contribution in [0.4, 0.5) is 0 Å². The smallest absolute Gasteiger partial charge is 0.339 e. The number of carboxylic acid groups (broad SMARTS) is 1. The van der Waals surface area contributed by atoms with Crippen LogP contribution in [0, 0.1) is 0 Å². The van der Waals surface area contributed by atoms with Crippen molar-refractivity contribution in [3.8, 4) is 5.75 Å². The van der Waals surface area contributed by atoms with E-state index < -0.39 is 5.97 Å². The van der Waals surface area contributed by atoms with Gasteiger partial charge in [0, 0.05) is 9.86 Å². The summed E-state index contributed by atoms with van der Waals surface area (Å²) in [4.78, 5) is 11.0. The van der Waals surface area contributed by atoms with Gasteiger partial charge in [-0.3, -0.25) is 0 Å². The third-order valence-electron chi connectivity index (χ3n) is 2.38. The van der Waals surface area contributed by atoms with E-state index in [0.29, 0.717) is 5.75 Å². The highest BCUT2D eigenvalue weighted by Gasteiger charge is 2.15. The van der Waals surface area contributed by atoms with E-state index in [1.807, 2.05) is 18.2 Å². The zero-order valence-electron chi connectivity index (χ0n) is 8.53. The lowest BCUT2D eigenvalue weighted by atomic mass is 10.1. The highest BCUT2D eigenvalue weighted by molar-refractivity contribution is 9.10. The van der Waals surface area contributed by atoms with Crippen LogP contribution in [-0.4, -0.2) is 18.2 Å². The summed E-state index contributed by atoms with van der Waals surface area (Å²) in [6.07, 6.45) is 0. The predicted molar refractivity (Wildman–Crippen MR) is 65.2 cm³/mol. The van der Waals surface area contributed by atoms with Gasteiger partial charge in [-0.05, 0) is 17.5 Å². The van der Waals surface area contributed by atoms with Crippen molar-refractivity contribution in [3.63, 3.8) is 0 Å². The molecule has 1 N–H and O–H groups in total. The molecule has 16 heavy (non-hydrogen) atoms. The van der Waals surface area contributed by atoms with Gasteiger partial charge in [-0.15, -0.1) is 0 Å². The van der Waals surface area contributed by atoms with Crippen LogP contribution in [0.1, 0.15) is 10.4 Å². The number of halogens is 1. The highest BCUT2D eigenvalue weighted by Crippen LogP contribution is 2.35. The van der Waals surface area contributed by atoms with E-state index in [4.69, 9.17) is 9.84 Å². The van der Waals surface area contributed by atoms with Gasteiger partial charge in [0.25, 0.3) is 0 Å². The van der Waals surface area contributed by atoms with Crippen LogP contribution in [0.3, 0.4) is 0 Å². The maximum Gasteiger partial charge on any atom is 0.339 e. The molecule has 82 valence electrons. The molecule has 0 unspecified atom stereocenters. The summed E-state index contributed by atoms with van der Waals surface area (Å²) in [5, 5.41) is 10.8. The number of methoxy groups -OCH3 is 1. The summed E-state index contributed by atoms with van der Waals surface area (Å²) in [5.74, 6) is -0.605. The topological polar surface area (TPSA) is 46.5 Å². The van der Waals surface area contributed by atoms with Gasteiger partial charge in [-0.2, -0.15) is 0 Å². The van der Waals surface area contributed by atoms with Crippen LogP contribution >= 0.6 is 15.9 Å². The first-order valence-electron chi connectivity index (χ1n) is 4.63. The van der Waals surface area contributed by atoms with Gasteiger partial charge in [0.2, 0.25) is 0 Å². The Kier molecular flexibility index (Phi) is 2.83. The van der Waals surface area contributed by atoms with E-state index in [-0.39, 0.29) is 5.56 Å². The van der Waals surface area contributed by atoms with E-state index in [2.05, 4.69) is 15.9 Å². The first-order valence-corrected chi connectivity index (χ1v) is 5.43. The molecule has 3 nitrogen and oxygen atoms in total. The Hall–Kier alpha value is -1.55. The van der Waals surface area contributed by atoms with Crippen molar-refractivity contribution < 1.29 is 14.6 Å². The first-order chi connectivity index (χ1) is 7.65. The Morgan fingerprint density at radius 3 is 2.69 bits per heavy atom. The van der Waals surface area contributed by atoms with Crippen molar-refractivity contribution in [2.45, 2.75) is 0 Å². The quantitative estimate of drug-likeness (QED) is 0.918. The van der Waals surface area contributed by atoms with Crippen LogP contribution in [0.15, 0.2) is 34.8 Å². The summed E-state index contributed by atoms with van der Waals surface area (Å²) >= 11 is 3.40. The summed E-state index contributed by atoms with van der Waals surface area (Å²) in [6, 6.07) is 8.99. The number of fused-ring (bicyclic) bond motifs is 1. The molecule has 2 aromatic rings. The SMILES string of the molecule is COc1c(C(=O)O)ccc2cccc(Br)c12. The normalized spacial score (nSPS) is 10.4. The molecule has 2 rings (SSSR count). The zero-order valence-corrected chi connectivity index (χ0v) is 10.1. The van der Waals surface area contributed by atoms with Crippen LogP contribution in [0.5, 0.6) is 5.75 Å². The third kappa shape index (κ3) is 1.65. The fourth-order valence-electron chi connectivity index (χ4n) is 1.68. The van der Waals surface area contributed by atoms with Crippen molar-refractivity contribution in [1.82, 2.24) is 0 Å². The molecule has 0 spiro atoms. The van der Waals surface area contributed by atoms with E-state index in [1.54, 1.807) is 12.1 Å². The van der Waals surface area contributed by atoms with E-state index in [9.17, 15) is 4.79 Å². The van der Waals surface area contributed by atoms with Crippen LogP contribution in [-0.2, 0) is 0 Å². The predicted octanol–water partition coefficient (Wildman–Crippen LogP) is 3.31. The number of hydrogen-bond donors (Lipinski definition) is 1. The van der Waals surface area contributed by atoms with Crippen molar-refractivity contribution in [1.29, 1.82) is 0 Å². The molecule has 0 aliphatic rings. The average Bonchev–Trinajstić information content (AvgIpc) is 2.27. The number of rotatable bonds is 2. The number of carbonyl (C=O) groups is 1. The number of aromatic carboxylic acids is 1. The van der Waals surface area contributed by atoms with Crippen LogP contribution in [0.25, 0.3) is 10.8 Å².